The average Bonchev–Trinajstić information content (AvgIpc) is 2.69. The number of benzene rings is 1. The van der Waals surface area contributed by atoms with Crippen molar-refractivity contribution in [3.05, 3.63) is 23.8 Å². The first-order valence-electron chi connectivity index (χ1n) is 7.29. The Bertz CT molecular complexity index is 481. The second-order valence-corrected chi connectivity index (χ2v) is 5.70. The Morgan fingerprint density at radius 1 is 1.10 bits per heavy atom. The van der Waals surface area contributed by atoms with E-state index in [1.807, 2.05) is 41.5 Å². The molecule has 0 aliphatic carbocycles. The lowest BCUT2D eigenvalue weighted by Gasteiger charge is -2.32. The second kappa shape index (κ2) is 6.63. The molecule has 1 aliphatic rings. The summed E-state index contributed by atoms with van der Waals surface area (Å²) in [5, 5.41) is 0. The Labute approximate surface area is 127 Å². The van der Waals surface area contributed by atoms with E-state index in [0.29, 0.717) is 16.8 Å². The normalized spacial score (nSPS) is 18.7. The highest BCUT2D eigenvalue weighted by Gasteiger charge is 2.52. The first kappa shape index (κ1) is 17.7. The molecule has 21 heavy (non-hydrogen) atoms. The lowest BCUT2D eigenvalue weighted by atomic mass is 9.76. The van der Waals surface area contributed by atoms with Crippen LogP contribution in [0.5, 0.6) is 5.75 Å². The first-order chi connectivity index (χ1) is 9.80. The van der Waals surface area contributed by atoms with Gasteiger partial charge in [-0.2, -0.15) is 0 Å². The van der Waals surface area contributed by atoms with Crippen LogP contribution < -0.4 is 10.2 Å². The molecule has 1 aliphatic heterocycles. The van der Waals surface area contributed by atoms with E-state index in [9.17, 15) is 4.79 Å². The molecule has 0 N–H and O–H groups in total. The van der Waals surface area contributed by atoms with E-state index in [0.717, 1.165) is 6.29 Å². The maximum Gasteiger partial charge on any atom is 0.495 e. The maximum absolute atomic E-state index is 11.2. The lowest BCUT2D eigenvalue weighted by Crippen LogP contribution is -2.41. The van der Waals surface area contributed by atoms with Gasteiger partial charge in [-0.3, -0.25) is 4.79 Å². The first-order valence-corrected chi connectivity index (χ1v) is 7.29. The Hall–Kier alpha value is -1.33. The molecule has 5 heteroatoms. The van der Waals surface area contributed by atoms with Gasteiger partial charge in [0, 0.05) is 5.56 Å². The third kappa shape index (κ3) is 3.47. The molecule has 0 amide bonds. The van der Waals surface area contributed by atoms with E-state index in [1.165, 1.54) is 0 Å². The summed E-state index contributed by atoms with van der Waals surface area (Å²) in [5.41, 5.74) is 0.397. The predicted octanol–water partition coefficient (Wildman–Crippen LogP) is 2.83. The van der Waals surface area contributed by atoms with Crippen LogP contribution in [0.3, 0.4) is 0 Å². The van der Waals surface area contributed by atoms with Crippen LogP contribution in [0.2, 0.25) is 0 Å². The quantitative estimate of drug-likeness (QED) is 0.635. The summed E-state index contributed by atoms with van der Waals surface area (Å²) in [4.78, 5) is 11.2. The summed E-state index contributed by atoms with van der Waals surface area (Å²) in [6.45, 7) is 11.9. The minimum Gasteiger partial charge on any atom is -0.497 e. The zero-order valence-electron chi connectivity index (χ0n) is 14.0. The van der Waals surface area contributed by atoms with Gasteiger partial charge in [0.25, 0.3) is 0 Å². The Morgan fingerprint density at radius 2 is 1.62 bits per heavy atom. The molecular formula is C16H25BO4. The van der Waals surface area contributed by atoms with Crippen LogP contribution in [0, 0.1) is 0 Å². The van der Waals surface area contributed by atoms with Crippen molar-refractivity contribution in [1.29, 1.82) is 0 Å². The van der Waals surface area contributed by atoms with E-state index in [-0.39, 0.29) is 0 Å². The van der Waals surface area contributed by atoms with Crippen molar-refractivity contribution in [3.63, 3.8) is 0 Å². The molecule has 1 aromatic carbocycles. The van der Waals surface area contributed by atoms with Gasteiger partial charge in [-0.15, -0.1) is 0 Å². The van der Waals surface area contributed by atoms with Gasteiger partial charge in [0.05, 0.1) is 18.3 Å². The molecular weight excluding hydrogens is 267 g/mol. The largest absolute Gasteiger partial charge is 0.497 e. The molecule has 0 spiro atoms. The zero-order chi connectivity index (χ0) is 16.3. The van der Waals surface area contributed by atoms with Crippen LogP contribution in [0.1, 0.15) is 51.9 Å². The van der Waals surface area contributed by atoms with Crippen LogP contribution in [-0.2, 0) is 9.31 Å². The Balaban J connectivity index is 0.00000106. The molecule has 0 radical (unpaired) electrons. The van der Waals surface area contributed by atoms with Crippen molar-refractivity contribution in [1.82, 2.24) is 0 Å². The monoisotopic (exact) mass is 292 g/mol. The molecule has 1 fully saturated rings. The lowest BCUT2D eigenvalue weighted by molar-refractivity contribution is 0.00578. The van der Waals surface area contributed by atoms with Crippen LogP contribution in [-0.4, -0.2) is 31.7 Å². The minimum absolute atomic E-state index is 0.430. The fourth-order valence-electron chi connectivity index (χ4n) is 1.96. The molecule has 0 saturated carbocycles. The van der Waals surface area contributed by atoms with Gasteiger partial charge in [-0.1, -0.05) is 13.8 Å². The second-order valence-electron chi connectivity index (χ2n) is 5.70. The molecule has 0 unspecified atom stereocenters. The average molecular weight is 292 g/mol. The van der Waals surface area contributed by atoms with Gasteiger partial charge >= 0.3 is 7.12 Å². The van der Waals surface area contributed by atoms with Gasteiger partial charge in [-0.25, -0.2) is 0 Å². The highest BCUT2D eigenvalue weighted by Crippen LogP contribution is 2.36. The summed E-state index contributed by atoms with van der Waals surface area (Å²) in [7, 11) is 1.03. The van der Waals surface area contributed by atoms with Crippen molar-refractivity contribution >= 4 is 18.9 Å². The van der Waals surface area contributed by atoms with Crippen molar-refractivity contribution in [2.24, 2.45) is 0 Å². The molecule has 1 aromatic rings. The van der Waals surface area contributed by atoms with Crippen molar-refractivity contribution in [2.45, 2.75) is 52.7 Å². The van der Waals surface area contributed by atoms with E-state index in [1.54, 1.807) is 25.3 Å². The van der Waals surface area contributed by atoms with Gasteiger partial charge in [0.15, 0.2) is 0 Å². The fourth-order valence-corrected chi connectivity index (χ4v) is 1.96. The van der Waals surface area contributed by atoms with Gasteiger partial charge in [0.2, 0.25) is 0 Å². The molecule has 0 atom stereocenters. The van der Waals surface area contributed by atoms with Gasteiger partial charge in [0.1, 0.15) is 12.0 Å². The Morgan fingerprint density at radius 3 is 2.05 bits per heavy atom. The summed E-state index contributed by atoms with van der Waals surface area (Å²) in [5.74, 6) is 0.676. The topological polar surface area (TPSA) is 44.8 Å². The maximum atomic E-state index is 11.2. The van der Waals surface area contributed by atoms with Crippen LogP contribution in [0.25, 0.3) is 0 Å². The molecule has 1 heterocycles. The van der Waals surface area contributed by atoms with E-state index >= 15 is 0 Å². The molecule has 1 saturated heterocycles. The molecule has 2 rings (SSSR count). The van der Waals surface area contributed by atoms with Crippen LogP contribution >= 0.6 is 0 Å². The number of hydrogen-bond acceptors (Lipinski definition) is 4. The molecule has 116 valence electrons. The minimum atomic E-state index is -0.555. The van der Waals surface area contributed by atoms with Crippen LogP contribution in [0.15, 0.2) is 18.2 Å². The fraction of sp³-hybridized carbons (Fsp3) is 0.562. The van der Waals surface area contributed by atoms with E-state index < -0.39 is 18.3 Å². The SMILES string of the molecule is CC.COc1ccc(C=O)c(B2OC(C)(C)C(C)(C)O2)c1. The van der Waals surface area contributed by atoms with Gasteiger partial charge in [-0.05, 0) is 51.4 Å². The number of rotatable bonds is 3. The number of hydrogen-bond donors (Lipinski definition) is 0. The third-order valence-corrected chi connectivity index (χ3v) is 3.93. The van der Waals surface area contributed by atoms with Crippen molar-refractivity contribution in [2.75, 3.05) is 7.11 Å². The number of ether oxygens (including phenoxy) is 1. The smallest absolute Gasteiger partial charge is 0.495 e. The summed E-state index contributed by atoms with van der Waals surface area (Å²) in [6, 6.07) is 5.25. The van der Waals surface area contributed by atoms with Gasteiger partial charge < -0.3 is 14.0 Å². The number of methoxy groups -OCH3 is 1. The van der Waals surface area contributed by atoms with E-state index in [2.05, 4.69) is 0 Å². The molecule has 0 bridgehead atoms. The van der Waals surface area contributed by atoms with Crippen LogP contribution in [0.4, 0.5) is 0 Å². The van der Waals surface area contributed by atoms with Crippen molar-refractivity contribution < 1.29 is 18.8 Å². The highest BCUT2D eigenvalue weighted by atomic mass is 16.7. The standard InChI is InChI=1S/C14H19BO4.C2H6/c1-13(2)14(3,4)19-15(18-13)12-8-11(17-5)7-6-10(12)9-16;1-2/h6-9H,1-5H3;1-2H3. The number of carbonyl (C=O) groups excluding carboxylic acids is 1. The zero-order valence-corrected chi connectivity index (χ0v) is 14.0. The van der Waals surface area contributed by atoms with Crippen molar-refractivity contribution in [3.8, 4) is 5.75 Å². The summed E-state index contributed by atoms with van der Waals surface area (Å²) >= 11 is 0. The Kier molecular flexibility index (Phi) is 5.59. The number of carbonyl (C=O) groups is 1. The molecule has 4 nitrogen and oxygen atoms in total. The number of aldehydes is 1. The molecule has 0 aromatic heterocycles. The van der Waals surface area contributed by atoms with E-state index in [4.69, 9.17) is 14.0 Å². The predicted molar refractivity (Wildman–Crippen MR) is 85.4 cm³/mol. The highest BCUT2D eigenvalue weighted by molar-refractivity contribution is 6.63. The third-order valence-electron chi connectivity index (χ3n) is 3.93. The summed E-state index contributed by atoms with van der Waals surface area (Å²) in [6.07, 6.45) is 0.805. The summed E-state index contributed by atoms with van der Waals surface area (Å²) < 4.78 is 17.1.